The van der Waals surface area contributed by atoms with Gasteiger partial charge < -0.3 is 4.90 Å². The Balaban J connectivity index is 1.90. The molecule has 0 saturated carbocycles. The average Bonchev–Trinajstić information content (AvgIpc) is 3.06. The predicted molar refractivity (Wildman–Crippen MR) is 113 cm³/mol. The number of aryl methyl sites for hydroxylation is 1. The second-order valence-corrected chi connectivity index (χ2v) is 7.51. The molecule has 1 aromatic carbocycles. The highest BCUT2D eigenvalue weighted by Gasteiger charge is 2.51. The van der Waals surface area contributed by atoms with Gasteiger partial charge in [0.15, 0.2) is 0 Å². The van der Waals surface area contributed by atoms with E-state index in [4.69, 9.17) is 0 Å². The molecule has 1 atom stereocenters. The van der Waals surface area contributed by atoms with Crippen LogP contribution in [0.2, 0.25) is 0 Å². The molecule has 1 unspecified atom stereocenters. The first kappa shape index (κ1) is 21.0. The SMILES string of the molecule is CCN(CC)CCNC1=[N+](Cc2cccc(C)c2)C2C(=O)N(C)C(=O)N(C)C2=N1. The molecule has 0 aliphatic carbocycles. The zero-order chi connectivity index (χ0) is 21.1. The van der Waals surface area contributed by atoms with E-state index < -0.39 is 6.04 Å². The van der Waals surface area contributed by atoms with Crippen LogP contribution in [0.5, 0.6) is 0 Å². The Morgan fingerprint density at radius 1 is 1.17 bits per heavy atom. The minimum absolute atomic E-state index is 0.250. The van der Waals surface area contributed by atoms with E-state index >= 15 is 0 Å². The van der Waals surface area contributed by atoms with Crippen molar-refractivity contribution in [1.82, 2.24) is 20.0 Å². The molecule has 1 fully saturated rings. The molecule has 0 radical (unpaired) electrons. The minimum Gasteiger partial charge on any atom is -0.301 e. The lowest BCUT2D eigenvalue weighted by Gasteiger charge is -2.31. The number of amides is 3. The molecule has 0 aromatic heterocycles. The molecule has 3 amide bonds. The van der Waals surface area contributed by atoms with E-state index in [1.807, 2.05) is 29.7 Å². The van der Waals surface area contributed by atoms with Crippen molar-refractivity contribution in [2.75, 3.05) is 40.3 Å². The van der Waals surface area contributed by atoms with Crippen LogP contribution in [-0.4, -0.2) is 89.3 Å². The normalized spacial score (nSPS) is 19.2. The van der Waals surface area contributed by atoms with Crippen LogP contribution in [-0.2, 0) is 11.3 Å². The number of urea groups is 1. The third-order valence-corrected chi connectivity index (χ3v) is 5.57. The molecule has 8 nitrogen and oxygen atoms in total. The van der Waals surface area contributed by atoms with Crippen LogP contribution >= 0.6 is 0 Å². The number of carbonyl (C=O) groups is 2. The van der Waals surface area contributed by atoms with Gasteiger partial charge in [-0.3, -0.25) is 19.9 Å². The Morgan fingerprint density at radius 2 is 1.90 bits per heavy atom. The number of hydrogen-bond donors (Lipinski definition) is 1. The standard InChI is InChI=1S/C21H30N6O2/c1-6-26(7-2)12-11-22-20-23-18-17(19(28)25(5)21(29)24(18)4)27(20)14-16-10-8-9-15(3)13-16/h8-10,13,17H,6-7,11-12,14H2,1-5H3/p+1. The van der Waals surface area contributed by atoms with Crippen LogP contribution in [0.3, 0.4) is 0 Å². The number of rotatable bonds is 7. The predicted octanol–water partition coefficient (Wildman–Crippen LogP) is 1.10. The summed E-state index contributed by atoms with van der Waals surface area (Å²) in [5, 5.41) is 3.40. The van der Waals surface area contributed by atoms with E-state index in [1.165, 1.54) is 22.4 Å². The maximum Gasteiger partial charge on any atom is 0.390 e. The van der Waals surface area contributed by atoms with Crippen LogP contribution in [0.4, 0.5) is 4.79 Å². The van der Waals surface area contributed by atoms with Gasteiger partial charge in [-0.2, -0.15) is 0 Å². The van der Waals surface area contributed by atoms with Crippen molar-refractivity contribution >= 4 is 23.7 Å². The van der Waals surface area contributed by atoms with E-state index in [9.17, 15) is 9.59 Å². The highest BCUT2D eigenvalue weighted by atomic mass is 16.2. The van der Waals surface area contributed by atoms with E-state index in [0.717, 1.165) is 25.2 Å². The Hall–Kier alpha value is -2.74. The minimum atomic E-state index is -0.598. The number of hydrogen-bond acceptors (Lipinski definition) is 5. The summed E-state index contributed by atoms with van der Waals surface area (Å²) in [5.41, 5.74) is 2.26. The zero-order valence-electron chi connectivity index (χ0n) is 18.0. The van der Waals surface area contributed by atoms with Gasteiger partial charge in [0.1, 0.15) is 0 Å². The number of aliphatic imine (C=N–C) groups is 1. The number of fused-ring (bicyclic) bond motifs is 1. The molecule has 0 spiro atoms. The summed E-state index contributed by atoms with van der Waals surface area (Å²) in [6.45, 7) is 10.4. The molecule has 1 saturated heterocycles. The lowest BCUT2D eigenvalue weighted by atomic mass is 10.1. The van der Waals surface area contributed by atoms with Crippen LogP contribution in [0.15, 0.2) is 29.3 Å². The largest absolute Gasteiger partial charge is 0.390 e. The number of imide groups is 1. The summed E-state index contributed by atoms with van der Waals surface area (Å²) in [6, 6.07) is 7.26. The molecule has 156 valence electrons. The quantitative estimate of drug-likeness (QED) is 0.697. The number of benzene rings is 1. The lowest BCUT2D eigenvalue weighted by molar-refractivity contribution is -0.553. The number of nitrogens with one attached hydrogen (secondary N) is 1. The fraction of sp³-hybridized carbons (Fsp3) is 0.524. The van der Waals surface area contributed by atoms with Gasteiger partial charge in [-0.25, -0.2) is 9.37 Å². The third-order valence-electron chi connectivity index (χ3n) is 5.57. The van der Waals surface area contributed by atoms with Crippen LogP contribution in [0.1, 0.15) is 25.0 Å². The van der Waals surface area contributed by atoms with E-state index in [0.29, 0.717) is 24.9 Å². The van der Waals surface area contributed by atoms with Crippen molar-refractivity contribution in [1.29, 1.82) is 0 Å². The second-order valence-electron chi connectivity index (χ2n) is 7.51. The van der Waals surface area contributed by atoms with Gasteiger partial charge in [-0.05, 0) is 25.6 Å². The van der Waals surface area contributed by atoms with Gasteiger partial charge in [0.2, 0.25) is 11.9 Å². The van der Waals surface area contributed by atoms with E-state index in [2.05, 4.69) is 35.1 Å². The molecule has 2 aliphatic rings. The Bertz CT molecular complexity index is 858. The van der Waals surface area contributed by atoms with Crippen molar-refractivity contribution in [3.05, 3.63) is 35.4 Å². The number of guanidine groups is 1. The van der Waals surface area contributed by atoms with Gasteiger partial charge in [0.25, 0.3) is 5.91 Å². The van der Waals surface area contributed by atoms with Gasteiger partial charge in [-0.15, -0.1) is 0 Å². The summed E-state index contributed by atoms with van der Waals surface area (Å²) in [7, 11) is 3.19. The third kappa shape index (κ3) is 4.17. The summed E-state index contributed by atoms with van der Waals surface area (Å²) < 4.78 is 1.97. The number of likely N-dealkylation sites (N-methyl/N-ethyl adjacent to an activating group) is 3. The van der Waals surface area contributed by atoms with Crippen LogP contribution < -0.4 is 5.32 Å². The first-order valence-corrected chi connectivity index (χ1v) is 10.2. The topological polar surface area (TPSA) is 71.3 Å². The first-order valence-electron chi connectivity index (χ1n) is 10.2. The highest BCUT2D eigenvalue weighted by Crippen LogP contribution is 2.20. The molecule has 1 N–H and O–H groups in total. The zero-order valence-corrected chi connectivity index (χ0v) is 18.0. The number of carbonyl (C=O) groups excluding carboxylic acids is 2. The molecule has 2 aliphatic heterocycles. The van der Waals surface area contributed by atoms with Crippen molar-refractivity contribution in [2.45, 2.75) is 33.4 Å². The maximum atomic E-state index is 13.0. The molecule has 1 aromatic rings. The van der Waals surface area contributed by atoms with E-state index in [-0.39, 0.29) is 11.9 Å². The van der Waals surface area contributed by atoms with Gasteiger partial charge in [0, 0.05) is 20.6 Å². The van der Waals surface area contributed by atoms with Gasteiger partial charge in [0.05, 0.1) is 13.1 Å². The van der Waals surface area contributed by atoms with Crippen molar-refractivity contribution in [2.24, 2.45) is 4.99 Å². The van der Waals surface area contributed by atoms with Crippen molar-refractivity contribution < 1.29 is 14.2 Å². The van der Waals surface area contributed by atoms with Crippen molar-refractivity contribution in [3.63, 3.8) is 0 Å². The van der Waals surface area contributed by atoms with Gasteiger partial charge in [-0.1, -0.05) is 48.7 Å². The maximum absolute atomic E-state index is 13.0. The number of amidine groups is 1. The smallest absolute Gasteiger partial charge is 0.301 e. The number of nitrogens with zero attached hydrogens (tertiary/aromatic N) is 5. The van der Waals surface area contributed by atoms with E-state index in [1.54, 1.807) is 7.05 Å². The lowest BCUT2D eigenvalue weighted by Crippen LogP contribution is -2.61. The summed E-state index contributed by atoms with van der Waals surface area (Å²) in [6.07, 6.45) is 0. The average molecular weight is 400 g/mol. The molecule has 0 bridgehead atoms. The van der Waals surface area contributed by atoms with Crippen LogP contribution in [0, 0.1) is 6.92 Å². The van der Waals surface area contributed by atoms with Crippen molar-refractivity contribution in [3.8, 4) is 0 Å². The molecule has 8 heteroatoms. The molecule has 2 heterocycles. The summed E-state index contributed by atoms with van der Waals surface area (Å²) in [5.74, 6) is 0.873. The Morgan fingerprint density at radius 3 is 2.55 bits per heavy atom. The Labute approximate surface area is 172 Å². The van der Waals surface area contributed by atoms with Crippen LogP contribution in [0.25, 0.3) is 0 Å². The molecule has 29 heavy (non-hydrogen) atoms. The second kappa shape index (κ2) is 8.73. The monoisotopic (exact) mass is 399 g/mol. The van der Waals surface area contributed by atoms with Gasteiger partial charge >= 0.3 is 12.0 Å². The molecular formula is C21H31N6O2+. The fourth-order valence-electron chi connectivity index (χ4n) is 3.78. The summed E-state index contributed by atoms with van der Waals surface area (Å²) in [4.78, 5) is 35.0. The highest BCUT2D eigenvalue weighted by molar-refractivity contribution is 6.22. The molecular weight excluding hydrogens is 368 g/mol. The molecule has 3 rings (SSSR count). The first-order chi connectivity index (χ1) is 13.9. The Kier molecular flexibility index (Phi) is 6.32. The fourth-order valence-corrected chi connectivity index (χ4v) is 3.78. The summed E-state index contributed by atoms with van der Waals surface area (Å²) >= 11 is 0.